The third kappa shape index (κ3) is 1.82. The molecule has 2 aliphatic rings. The van der Waals surface area contributed by atoms with Crippen LogP contribution in [-0.4, -0.2) is 23.6 Å². The zero-order valence-corrected chi connectivity index (χ0v) is 10.6. The number of carbonyl (C=O) groups excluding carboxylic acids is 1. The van der Waals surface area contributed by atoms with Gasteiger partial charge in [-0.15, -0.1) is 8.78 Å². The Kier molecular flexibility index (Phi) is 2.48. The molecule has 0 aromatic heterocycles. The van der Waals surface area contributed by atoms with Gasteiger partial charge in [-0.3, -0.25) is 4.79 Å². The highest BCUT2D eigenvalue weighted by molar-refractivity contribution is 9.09. The fraction of sp³-hybridized carbons (Fsp3) is 0.364. The number of fused-ring (bicyclic) bond motifs is 1. The molecule has 1 amide bonds. The van der Waals surface area contributed by atoms with E-state index >= 15 is 0 Å². The van der Waals surface area contributed by atoms with E-state index in [-0.39, 0.29) is 22.2 Å². The van der Waals surface area contributed by atoms with Crippen molar-refractivity contribution in [2.45, 2.75) is 17.5 Å². The van der Waals surface area contributed by atoms with E-state index in [9.17, 15) is 13.6 Å². The fourth-order valence-corrected chi connectivity index (χ4v) is 2.63. The minimum absolute atomic E-state index is 0.0173. The molecule has 0 bridgehead atoms. The van der Waals surface area contributed by atoms with Crippen LogP contribution in [0.4, 0.5) is 14.5 Å². The molecule has 2 aliphatic heterocycles. The lowest BCUT2D eigenvalue weighted by molar-refractivity contribution is -0.286. The molecular formula is C11H8BrF2NO3. The summed E-state index contributed by atoms with van der Waals surface area (Å²) in [6.45, 7) is 0.421. The molecule has 3 rings (SSSR count). The summed E-state index contributed by atoms with van der Waals surface area (Å²) in [4.78, 5) is 13.2. The highest BCUT2D eigenvalue weighted by Crippen LogP contribution is 2.47. The number of para-hydroxylation sites is 1. The number of anilines is 1. The van der Waals surface area contributed by atoms with Gasteiger partial charge in [0.2, 0.25) is 5.91 Å². The molecule has 1 aromatic rings. The second-order valence-electron chi connectivity index (χ2n) is 4.08. The van der Waals surface area contributed by atoms with Crippen LogP contribution in [0.3, 0.4) is 0 Å². The number of carbonyl (C=O) groups is 1. The number of alkyl halides is 3. The first-order chi connectivity index (χ1) is 8.46. The topological polar surface area (TPSA) is 38.8 Å². The average Bonchev–Trinajstić information content (AvgIpc) is 2.75. The first kappa shape index (κ1) is 11.7. The van der Waals surface area contributed by atoms with Crippen LogP contribution >= 0.6 is 15.9 Å². The van der Waals surface area contributed by atoms with Gasteiger partial charge in [-0.2, -0.15) is 0 Å². The van der Waals surface area contributed by atoms with E-state index < -0.39 is 6.29 Å². The molecule has 1 atom stereocenters. The zero-order valence-electron chi connectivity index (χ0n) is 9.03. The summed E-state index contributed by atoms with van der Waals surface area (Å²) in [5, 5.41) is 0. The van der Waals surface area contributed by atoms with Gasteiger partial charge in [-0.1, -0.05) is 22.0 Å². The van der Waals surface area contributed by atoms with E-state index in [0.29, 0.717) is 18.7 Å². The Hall–Kier alpha value is -1.37. The van der Waals surface area contributed by atoms with Crippen molar-refractivity contribution in [2.75, 3.05) is 11.4 Å². The van der Waals surface area contributed by atoms with Gasteiger partial charge in [0.1, 0.15) is 0 Å². The van der Waals surface area contributed by atoms with E-state index in [1.165, 1.54) is 11.0 Å². The fourth-order valence-electron chi connectivity index (χ4n) is 2.06. The van der Waals surface area contributed by atoms with Gasteiger partial charge in [-0.25, -0.2) is 0 Å². The molecule has 1 saturated heterocycles. The molecule has 96 valence electrons. The highest BCUT2D eigenvalue weighted by atomic mass is 79.9. The Morgan fingerprint density at radius 2 is 2.17 bits per heavy atom. The molecule has 18 heavy (non-hydrogen) atoms. The number of hydrogen-bond acceptors (Lipinski definition) is 3. The second kappa shape index (κ2) is 3.81. The summed E-state index contributed by atoms with van der Waals surface area (Å²) in [7, 11) is 0. The summed E-state index contributed by atoms with van der Waals surface area (Å²) in [5.41, 5.74) is 0.316. The summed E-state index contributed by atoms with van der Waals surface area (Å²) in [5.74, 6) is -0.273. The first-order valence-corrected chi connectivity index (χ1v) is 6.21. The van der Waals surface area contributed by atoms with Gasteiger partial charge in [0.15, 0.2) is 11.5 Å². The van der Waals surface area contributed by atoms with Crippen molar-refractivity contribution in [1.82, 2.24) is 0 Å². The molecule has 4 nitrogen and oxygen atoms in total. The quantitative estimate of drug-likeness (QED) is 0.747. The van der Waals surface area contributed by atoms with Crippen LogP contribution in [0.15, 0.2) is 18.2 Å². The van der Waals surface area contributed by atoms with Crippen molar-refractivity contribution in [3.8, 4) is 11.5 Å². The van der Waals surface area contributed by atoms with Crippen LogP contribution < -0.4 is 14.4 Å². The van der Waals surface area contributed by atoms with Crippen LogP contribution in [0.2, 0.25) is 0 Å². The summed E-state index contributed by atoms with van der Waals surface area (Å²) >= 11 is 3.34. The second-order valence-corrected chi connectivity index (χ2v) is 5.37. The van der Waals surface area contributed by atoms with E-state index in [0.717, 1.165) is 0 Å². The molecule has 2 heterocycles. The van der Waals surface area contributed by atoms with E-state index in [1.807, 2.05) is 0 Å². The lowest BCUT2D eigenvalue weighted by Gasteiger charge is -2.17. The van der Waals surface area contributed by atoms with Gasteiger partial charge in [0.25, 0.3) is 0 Å². The number of rotatable bonds is 1. The standard InChI is InChI=1S/C11H8BrF2NO3/c12-6-4-9(16)15(5-6)7-2-1-3-8-10(7)18-11(13,14)17-8/h1-3,6H,4-5H2. The lowest BCUT2D eigenvalue weighted by atomic mass is 10.2. The molecule has 0 spiro atoms. The zero-order chi connectivity index (χ0) is 12.9. The predicted molar refractivity (Wildman–Crippen MR) is 62.3 cm³/mol. The highest BCUT2D eigenvalue weighted by Gasteiger charge is 2.46. The van der Waals surface area contributed by atoms with Crippen LogP contribution in [0.5, 0.6) is 11.5 Å². The van der Waals surface area contributed by atoms with Crippen LogP contribution in [0.25, 0.3) is 0 Å². The minimum Gasteiger partial charge on any atom is -0.395 e. The third-order valence-electron chi connectivity index (χ3n) is 2.78. The number of ether oxygens (including phenoxy) is 2. The number of halogens is 3. The van der Waals surface area contributed by atoms with Crippen LogP contribution in [0.1, 0.15) is 6.42 Å². The van der Waals surface area contributed by atoms with E-state index in [2.05, 4.69) is 25.4 Å². The van der Waals surface area contributed by atoms with Gasteiger partial charge in [-0.05, 0) is 12.1 Å². The summed E-state index contributed by atoms with van der Waals surface area (Å²) in [6, 6.07) is 4.49. The maximum Gasteiger partial charge on any atom is 0.586 e. The summed E-state index contributed by atoms with van der Waals surface area (Å²) in [6.07, 6.45) is -3.34. The SMILES string of the molecule is O=C1CC(Br)CN1c1cccc2c1OC(F)(F)O2. The largest absolute Gasteiger partial charge is 0.586 e. The Morgan fingerprint density at radius 3 is 2.83 bits per heavy atom. The number of hydrogen-bond donors (Lipinski definition) is 0. The molecule has 1 unspecified atom stereocenters. The molecule has 0 saturated carbocycles. The van der Waals surface area contributed by atoms with Gasteiger partial charge in [0, 0.05) is 17.8 Å². The Balaban J connectivity index is 2.01. The molecule has 0 aliphatic carbocycles. The van der Waals surface area contributed by atoms with Crippen molar-refractivity contribution in [3.63, 3.8) is 0 Å². The maximum atomic E-state index is 13.0. The molecule has 0 radical (unpaired) electrons. The number of nitrogens with zero attached hydrogens (tertiary/aromatic N) is 1. The molecule has 7 heteroatoms. The monoisotopic (exact) mass is 319 g/mol. The Morgan fingerprint density at radius 1 is 1.39 bits per heavy atom. The number of benzene rings is 1. The predicted octanol–water partition coefficient (Wildman–Crippen LogP) is 2.51. The Bertz CT molecular complexity index is 523. The minimum atomic E-state index is -3.67. The van der Waals surface area contributed by atoms with Crippen molar-refractivity contribution in [3.05, 3.63) is 18.2 Å². The molecule has 1 aromatic carbocycles. The van der Waals surface area contributed by atoms with Crippen molar-refractivity contribution in [2.24, 2.45) is 0 Å². The maximum absolute atomic E-state index is 13.0. The summed E-state index contributed by atoms with van der Waals surface area (Å²) < 4.78 is 34.8. The molecular weight excluding hydrogens is 312 g/mol. The van der Waals surface area contributed by atoms with Crippen molar-refractivity contribution < 1.29 is 23.0 Å². The van der Waals surface area contributed by atoms with E-state index in [1.54, 1.807) is 12.1 Å². The van der Waals surface area contributed by atoms with Gasteiger partial charge < -0.3 is 14.4 Å². The van der Waals surface area contributed by atoms with Crippen molar-refractivity contribution >= 4 is 27.5 Å². The van der Waals surface area contributed by atoms with Crippen LogP contribution in [-0.2, 0) is 4.79 Å². The lowest BCUT2D eigenvalue weighted by Crippen LogP contribution is -2.27. The smallest absolute Gasteiger partial charge is 0.395 e. The van der Waals surface area contributed by atoms with E-state index in [4.69, 9.17) is 0 Å². The van der Waals surface area contributed by atoms with Crippen LogP contribution in [0, 0.1) is 0 Å². The molecule has 1 fully saturated rings. The first-order valence-electron chi connectivity index (χ1n) is 5.29. The normalized spacial score (nSPS) is 24.7. The number of amides is 1. The van der Waals surface area contributed by atoms with Crippen molar-refractivity contribution in [1.29, 1.82) is 0 Å². The average molecular weight is 320 g/mol. The molecule has 0 N–H and O–H groups in total. The third-order valence-corrected chi connectivity index (χ3v) is 3.39. The van der Waals surface area contributed by atoms with Gasteiger partial charge in [0.05, 0.1) is 5.69 Å². The van der Waals surface area contributed by atoms with Gasteiger partial charge >= 0.3 is 6.29 Å². The Labute approximate surface area is 110 Å².